The quantitative estimate of drug-likeness (QED) is 0.0978. The van der Waals surface area contributed by atoms with Crippen LogP contribution >= 0.6 is 50.3 Å². The highest BCUT2D eigenvalue weighted by atomic mass is 127. The summed E-state index contributed by atoms with van der Waals surface area (Å²) in [6, 6.07) is 14.9. The van der Waals surface area contributed by atoms with Crippen molar-refractivity contribution in [3.05, 3.63) is 89.3 Å². The molecule has 0 bridgehead atoms. The molecule has 4 rings (SSSR count). The predicted molar refractivity (Wildman–Crippen MR) is 156 cm³/mol. The number of hydrogen-bond donors (Lipinski definition) is 1. The van der Waals surface area contributed by atoms with E-state index in [2.05, 4.69) is 26.2 Å². The maximum atomic E-state index is 12.9. The number of non-ortho nitro benzene ring substituents is 1. The zero-order valence-corrected chi connectivity index (χ0v) is 24.8. The Bertz CT molecular complexity index is 1590. The van der Waals surface area contributed by atoms with Gasteiger partial charge in [0, 0.05) is 16.6 Å². The van der Waals surface area contributed by atoms with E-state index >= 15 is 0 Å². The number of amidine groups is 1. The molecule has 1 saturated heterocycles. The van der Waals surface area contributed by atoms with E-state index in [1.165, 1.54) is 11.8 Å². The third kappa shape index (κ3) is 6.54. The van der Waals surface area contributed by atoms with Crippen molar-refractivity contribution in [1.82, 2.24) is 5.32 Å². The number of thioether (sulfide) groups is 1. The average Bonchev–Trinajstić information content (AvgIpc) is 3.21. The highest BCUT2D eigenvalue weighted by molar-refractivity contribution is 14.1. The second kappa shape index (κ2) is 11.8. The molecule has 3 aromatic carbocycles. The minimum atomic E-state index is -4.31. The molecule has 1 amide bonds. The third-order valence-corrected chi connectivity index (χ3v) is 8.50. The maximum absolute atomic E-state index is 12.9. The number of nitrogens with one attached hydrogen (secondary N) is 1. The smallest absolute Gasteiger partial charge is 0.339 e. The summed E-state index contributed by atoms with van der Waals surface area (Å²) in [5, 5.41) is 14.0. The van der Waals surface area contributed by atoms with Crippen LogP contribution in [0.25, 0.3) is 6.08 Å². The molecule has 0 saturated carbocycles. The van der Waals surface area contributed by atoms with Gasteiger partial charge in [-0.05, 0) is 105 Å². The van der Waals surface area contributed by atoms with E-state index in [0.717, 1.165) is 28.7 Å². The van der Waals surface area contributed by atoms with Gasteiger partial charge in [0.05, 0.1) is 25.7 Å². The van der Waals surface area contributed by atoms with Gasteiger partial charge in [-0.2, -0.15) is 8.42 Å². The standard InChI is InChI=1S/C24H17BrIN3O7S2/c1-2-35-20-12-14(13-21-23(30)28-24(37-21)27-19-6-4-3-5-17(19)25)11-18(26)22(20)36-38(33,34)16-9-7-15(8-10-16)29(31)32/h3-13H,2H2,1H3,(H,27,28,30)/b21-13+. The van der Waals surface area contributed by atoms with Crippen LogP contribution in [0.4, 0.5) is 11.4 Å². The Morgan fingerprint density at radius 2 is 1.89 bits per heavy atom. The number of nitro groups is 1. The van der Waals surface area contributed by atoms with Crippen LogP contribution in [0.3, 0.4) is 0 Å². The van der Waals surface area contributed by atoms with Crippen molar-refractivity contribution in [1.29, 1.82) is 0 Å². The first kappa shape index (κ1) is 28.1. The molecule has 0 aromatic heterocycles. The topological polar surface area (TPSA) is 137 Å². The Morgan fingerprint density at radius 1 is 1.18 bits per heavy atom. The van der Waals surface area contributed by atoms with Gasteiger partial charge in [-0.25, -0.2) is 4.99 Å². The molecule has 1 N–H and O–H groups in total. The molecule has 14 heteroatoms. The number of nitrogens with zero attached hydrogens (tertiary/aromatic N) is 2. The third-order valence-electron chi connectivity index (χ3n) is 4.88. The highest BCUT2D eigenvalue weighted by Gasteiger charge is 2.26. The van der Waals surface area contributed by atoms with Gasteiger partial charge < -0.3 is 14.2 Å². The average molecular weight is 730 g/mol. The molecule has 0 aliphatic carbocycles. The summed E-state index contributed by atoms with van der Waals surface area (Å²) < 4.78 is 38.0. The summed E-state index contributed by atoms with van der Waals surface area (Å²) in [5.74, 6) is -0.204. The van der Waals surface area contributed by atoms with Crippen LogP contribution < -0.4 is 14.2 Å². The van der Waals surface area contributed by atoms with E-state index in [9.17, 15) is 23.3 Å². The fraction of sp³-hybridized carbons (Fsp3) is 0.0833. The zero-order valence-electron chi connectivity index (χ0n) is 19.4. The van der Waals surface area contributed by atoms with Crippen molar-refractivity contribution in [2.75, 3.05) is 6.61 Å². The van der Waals surface area contributed by atoms with Gasteiger partial charge in [-0.1, -0.05) is 12.1 Å². The fourth-order valence-corrected chi connectivity index (χ4v) is 6.24. The molecule has 38 heavy (non-hydrogen) atoms. The Balaban J connectivity index is 1.62. The number of carbonyl (C=O) groups excluding carboxylic acids is 1. The number of hydrogen-bond acceptors (Lipinski definition) is 9. The molecule has 0 spiro atoms. The molecule has 0 radical (unpaired) electrons. The van der Waals surface area contributed by atoms with Crippen LogP contribution in [-0.2, 0) is 14.9 Å². The van der Waals surface area contributed by atoms with E-state index in [-0.39, 0.29) is 34.6 Å². The SMILES string of the molecule is CCOc1cc(/C=C2/SC(=Nc3ccccc3Br)NC2=O)cc(I)c1OS(=O)(=O)c1ccc([N+](=O)[O-])cc1. The Kier molecular flexibility index (Phi) is 8.74. The number of nitro benzene ring substituents is 1. The highest BCUT2D eigenvalue weighted by Crippen LogP contribution is 2.38. The van der Waals surface area contributed by atoms with Gasteiger partial charge in [0.15, 0.2) is 16.7 Å². The van der Waals surface area contributed by atoms with Crippen molar-refractivity contribution in [3.63, 3.8) is 0 Å². The molecule has 196 valence electrons. The number of amides is 1. The van der Waals surface area contributed by atoms with Crippen LogP contribution in [0.15, 0.2) is 79.9 Å². The number of ether oxygens (including phenoxy) is 1. The molecule has 1 fully saturated rings. The van der Waals surface area contributed by atoms with Crippen molar-refractivity contribution in [2.24, 2.45) is 4.99 Å². The lowest BCUT2D eigenvalue weighted by Gasteiger charge is -2.14. The number of carbonyl (C=O) groups is 1. The van der Waals surface area contributed by atoms with E-state index in [0.29, 0.717) is 24.9 Å². The summed E-state index contributed by atoms with van der Waals surface area (Å²) in [6.07, 6.45) is 1.64. The Labute approximate surface area is 244 Å². The first-order valence-corrected chi connectivity index (χ1v) is 14.9. The number of aliphatic imine (C=N–C) groups is 1. The van der Waals surface area contributed by atoms with E-state index in [1.807, 2.05) is 46.9 Å². The van der Waals surface area contributed by atoms with Crippen molar-refractivity contribution >= 4 is 88.9 Å². The number of halogens is 2. The number of rotatable bonds is 8. The van der Waals surface area contributed by atoms with Crippen molar-refractivity contribution in [2.45, 2.75) is 11.8 Å². The van der Waals surface area contributed by atoms with Gasteiger partial charge >= 0.3 is 10.1 Å². The lowest BCUT2D eigenvalue weighted by atomic mass is 10.2. The minimum Gasteiger partial charge on any atom is -0.490 e. The van der Waals surface area contributed by atoms with Crippen LogP contribution in [0.2, 0.25) is 0 Å². The Hall–Kier alpha value is -2.95. The molecule has 10 nitrogen and oxygen atoms in total. The van der Waals surface area contributed by atoms with Crippen molar-refractivity contribution in [3.8, 4) is 11.5 Å². The molecular weight excluding hydrogens is 713 g/mol. The molecule has 0 atom stereocenters. The lowest BCUT2D eigenvalue weighted by Crippen LogP contribution is -2.19. The number of para-hydroxylation sites is 1. The largest absolute Gasteiger partial charge is 0.490 e. The van der Waals surface area contributed by atoms with E-state index < -0.39 is 15.0 Å². The second-order valence-corrected chi connectivity index (χ2v) is 12.1. The van der Waals surface area contributed by atoms with Gasteiger partial charge in [-0.15, -0.1) is 0 Å². The van der Waals surface area contributed by atoms with Gasteiger partial charge in [0.25, 0.3) is 11.6 Å². The Morgan fingerprint density at radius 3 is 2.55 bits per heavy atom. The summed E-state index contributed by atoms with van der Waals surface area (Å²) in [7, 11) is -4.31. The van der Waals surface area contributed by atoms with Gasteiger partial charge in [-0.3, -0.25) is 14.9 Å². The number of benzene rings is 3. The van der Waals surface area contributed by atoms with E-state index in [1.54, 1.807) is 25.1 Å². The summed E-state index contributed by atoms with van der Waals surface area (Å²) in [6.45, 7) is 1.96. The maximum Gasteiger partial charge on any atom is 0.339 e. The molecule has 1 aliphatic rings. The minimum absolute atomic E-state index is 0.0346. The van der Waals surface area contributed by atoms with Crippen LogP contribution in [0.5, 0.6) is 11.5 Å². The first-order valence-electron chi connectivity index (χ1n) is 10.8. The van der Waals surface area contributed by atoms with E-state index in [4.69, 9.17) is 8.92 Å². The molecule has 1 aliphatic heterocycles. The first-order chi connectivity index (χ1) is 18.1. The molecule has 1 heterocycles. The summed E-state index contributed by atoms with van der Waals surface area (Å²) in [4.78, 5) is 27.4. The summed E-state index contributed by atoms with van der Waals surface area (Å²) in [5.41, 5.74) is 1.00. The second-order valence-electron chi connectivity index (χ2n) is 7.48. The van der Waals surface area contributed by atoms with Crippen LogP contribution in [0, 0.1) is 13.7 Å². The molecule has 3 aromatic rings. The predicted octanol–water partition coefficient (Wildman–Crippen LogP) is 6.02. The molecular formula is C24H17BrIN3O7S2. The van der Waals surface area contributed by atoms with Gasteiger partial charge in [0.2, 0.25) is 0 Å². The van der Waals surface area contributed by atoms with Crippen molar-refractivity contribution < 1.29 is 27.1 Å². The van der Waals surface area contributed by atoms with Gasteiger partial charge in [0.1, 0.15) is 4.90 Å². The van der Waals surface area contributed by atoms with Crippen LogP contribution in [0.1, 0.15) is 12.5 Å². The zero-order chi connectivity index (χ0) is 27.4. The normalized spacial score (nSPS) is 15.5. The fourth-order valence-electron chi connectivity index (χ4n) is 3.19. The van der Waals surface area contributed by atoms with Crippen LogP contribution in [-0.4, -0.2) is 31.0 Å². The monoisotopic (exact) mass is 729 g/mol. The lowest BCUT2D eigenvalue weighted by molar-refractivity contribution is -0.384. The summed E-state index contributed by atoms with van der Waals surface area (Å²) >= 11 is 6.51. The molecule has 0 unspecified atom stereocenters.